The summed E-state index contributed by atoms with van der Waals surface area (Å²) in [6.07, 6.45) is 3.81. The van der Waals surface area contributed by atoms with Gasteiger partial charge in [-0.2, -0.15) is 5.10 Å². The highest BCUT2D eigenvalue weighted by Crippen LogP contribution is 1.93. The molecule has 4 nitrogen and oxygen atoms in total. The molecule has 2 aromatic rings. The van der Waals surface area contributed by atoms with E-state index in [0.29, 0.717) is 0 Å². The molecule has 0 aliphatic rings. The van der Waals surface area contributed by atoms with E-state index in [1.54, 1.807) is 0 Å². The van der Waals surface area contributed by atoms with Crippen LogP contribution in [0.3, 0.4) is 0 Å². The van der Waals surface area contributed by atoms with E-state index in [1.807, 2.05) is 48.3 Å². The highest BCUT2D eigenvalue weighted by molar-refractivity contribution is 5.02. The average Bonchev–Trinajstić information content (AvgIpc) is 2.72. The summed E-state index contributed by atoms with van der Waals surface area (Å²) in [5, 5.41) is 7.65. The standard InChI is InChI=1S/C12H16N4/c1-11-5-8-16(15-11)9-7-13-10-12-4-2-3-6-14-12/h2-6,8,13H,7,9-10H2,1H3. The zero-order chi connectivity index (χ0) is 11.2. The van der Waals surface area contributed by atoms with Crippen LogP contribution in [0.15, 0.2) is 36.7 Å². The van der Waals surface area contributed by atoms with Crippen molar-refractivity contribution in [2.75, 3.05) is 6.54 Å². The highest BCUT2D eigenvalue weighted by atomic mass is 15.3. The molecule has 0 aliphatic heterocycles. The number of nitrogens with zero attached hydrogens (tertiary/aromatic N) is 3. The van der Waals surface area contributed by atoms with Gasteiger partial charge in [0, 0.05) is 25.5 Å². The maximum Gasteiger partial charge on any atom is 0.0593 e. The normalized spacial score (nSPS) is 10.6. The molecule has 0 saturated heterocycles. The lowest BCUT2D eigenvalue weighted by Crippen LogP contribution is -2.20. The fraction of sp³-hybridized carbons (Fsp3) is 0.333. The third-order valence-corrected chi connectivity index (χ3v) is 2.32. The molecule has 0 fully saturated rings. The number of nitrogens with one attached hydrogen (secondary N) is 1. The van der Waals surface area contributed by atoms with Crippen molar-refractivity contribution in [3.8, 4) is 0 Å². The average molecular weight is 216 g/mol. The summed E-state index contributed by atoms with van der Waals surface area (Å²) >= 11 is 0. The van der Waals surface area contributed by atoms with Crippen LogP contribution < -0.4 is 5.32 Å². The molecule has 2 aromatic heterocycles. The Morgan fingerprint density at radius 1 is 1.31 bits per heavy atom. The molecule has 0 unspecified atom stereocenters. The maximum atomic E-state index is 4.32. The molecule has 0 atom stereocenters. The summed E-state index contributed by atoms with van der Waals surface area (Å²) in [6, 6.07) is 7.96. The second kappa shape index (κ2) is 5.42. The number of hydrogen-bond acceptors (Lipinski definition) is 3. The summed E-state index contributed by atoms with van der Waals surface area (Å²) in [5.74, 6) is 0. The smallest absolute Gasteiger partial charge is 0.0593 e. The number of aryl methyl sites for hydroxylation is 1. The van der Waals surface area contributed by atoms with Crippen LogP contribution in [0.2, 0.25) is 0 Å². The second-order valence-electron chi connectivity index (χ2n) is 3.72. The maximum absolute atomic E-state index is 4.32. The van der Waals surface area contributed by atoms with Crippen LogP contribution in [0.1, 0.15) is 11.4 Å². The van der Waals surface area contributed by atoms with Crippen LogP contribution in [0.4, 0.5) is 0 Å². The lowest BCUT2D eigenvalue weighted by Gasteiger charge is -2.04. The van der Waals surface area contributed by atoms with Gasteiger partial charge in [-0.3, -0.25) is 9.67 Å². The summed E-state index contributed by atoms with van der Waals surface area (Å²) in [5.41, 5.74) is 2.13. The Morgan fingerprint density at radius 3 is 2.94 bits per heavy atom. The lowest BCUT2D eigenvalue weighted by molar-refractivity contribution is 0.549. The van der Waals surface area contributed by atoms with E-state index in [1.165, 1.54) is 0 Å². The van der Waals surface area contributed by atoms with E-state index in [4.69, 9.17) is 0 Å². The molecule has 0 radical (unpaired) electrons. The van der Waals surface area contributed by atoms with Gasteiger partial charge in [-0.1, -0.05) is 6.07 Å². The third kappa shape index (κ3) is 3.17. The van der Waals surface area contributed by atoms with Crippen molar-refractivity contribution < 1.29 is 0 Å². The first-order chi connectivity index (χ1) is 7.84. The summed E-state index contributed by atoms with van der Waals surface area (Å²) in [6.45, 7) is 4.59. The van der Waals surface area contributed by atoms with E-state index in [-0.39, 0.29) is 0 Å². The first-order valence-electron chi connectivity index (χ1n) is 5.45. The van der Waals surface area contributed by atoms with Crippen molar-refractivity contribution in [1.29, 1.82) is 0 Å². The quantitative estimate of drug-likeness (QED) is 0.768. The number of aromatic nitrogens is 3. The Morgan fingerprint density at radius 2 is 2.25 bits per heavy atom. The minimum absolute atomic E-state index is 0.807. The molecule has 0 bridgehead atoms. The molecule has 16 heavy (non-hydrogen) atoms. The minimum atomic E-state index is 0.807. The van der Waals surface area contributed by atoms with Gasteiger partial charge in [0.25, 0.3) is 0 Å². The molecule has 2 heterocycles. The molecule has 4 heteroatoms. The number of pyridine rings is 1. The Bertz CT molecular complexity index is 422. The van der Waals surface area contributed by atoms with Gasteiger partial charge in [-0.05, 0) is 25.1 Å². The Balaban J connectivity index is 1.69. The number of hydrogen-bond donors (Lipinski definition) is 1. The van der Waals surface area contributed by atoms with Crippen molar-refractivity contribution in [2.45, 2.75) is 20.0 Å². The molecule has 2 rings (SSSR count). The van der Waals surface area contributed by atoms with Crippen molar-refractivity contribution in [3.63, 3.8) is 0 Å². The molecule has 0 spiro atoms. The van der Waals surface area contributed by atoms with Gasteiger partial charge in [0.05, 0.1) is 17.9 Å². The molecule has 1 N–H and O–H groups in total. The van der Waals surface area contributed by atoms with Crippen LogP contribution in [0.5, 0.6) is 0 Å². The third-order valence-electron chi connectivity index (χ3n) is 2.32. The van der Waals surface area contributed by atoms with Gasteiger partial charge in [-0.25, -0.2) is 0 Å². The fourth-order valence-corrected chi connectivity index (χ4v) is 1.50. The zero-order valence-electron chi connectivity index (χ0n) is 9.43. The molecule has 0 amide bonds. The van der Waals surface area contributed by atoms with E-state index in [0.717, 1.165) is 31.0 Å². The predicted molar refractivity (Wildman–Crippen MR) is 62.9 cm³/mol. The SMILES string of the molecule is Cc1ccn(CCNCc2ccccn2)n1. The van der Waals surface area contributed by atoms with E-state index < -0.39 is 0 Å². The van der Waals surface area contributed by atoms with Gasteiger partial charge in [0.15, 0.2) is 0 Å². The van der Waals surface area contributed by atoms with Gasteiger partial charge in [0.1, 0.15) is 0 Å². The zero-order valence-corrected chi connectivity index (χ0v) is 9.43. The van der Waals surface area contributed by atoms with E-state index in [2.05, 4.69) is 15.4 Å². The Kier molecular flexibility index (Phi) is 3.66. The lowest BCUT2D eigenvalue weighted by atomic mass is 10.3. The summed E-state index contributed by atoms with van der Waals surface area (Å²) in [7, 11) is 0. The summed E-state index contributed by atoms with van der Waals surface area (Å²) in [4.78, 5) is 4.24. The second-order valence-corrected chi connectivity index (χ2v) is 3.72. The van der Waals surface area contributed by atoms with Crippen LogP contribution in [-0.2, 0) is 13.1 Å². The molecule has 0 aliphatic carbocycles. The van der Waals surface area contributed by atoms with Crippen molar-refractivity contribution in [2.24, 2.45) is 0 Å². The van der Waals surface area contributed by atoms with Crippen molar-refractivity contribution >= 4 is 0 Å². The van der Waals surface area contributed by atoms with E-state index >= 15 is 0 Å². The van der Waals surface area contributed by atoms with Gasteiger partial charge in [-0.15, -0.1) is 0 Å². The Labute approximate surface area is 95.3 Å². The Hall–Kier alpha value is -1.68. The van der Waals surface area contributed by atoms with Crippen LogP contribution >= 0.6 is 0 Å². The highest BCUT2D eigenvalue weighted by Gasteiger charge is 1.94. The first kappa shape index (κ1) is 10.8. The predicted octanol–water partition coefficient (Wildman–Crippen LogP) is 1.38. The van der Waals surface area contributed by atoms with Crippen molar-refractivity contribution in [3.05, 3.63) is 48.0 Å². The van der Waals surface area contributed by atoms with Crippen LogP contribution in [0.25, 0.3) is 0 Å². The monoisotopic (exact) mass is 216 g/mol. The summed E-state index contributed by atoms with van der Waals surface area (Å²) < 4.78 is 1.95. The molecule has 84 valence electrons. The molecular weight excluding hydrogens is 200 g/mol. The largest absolute Gasteiger partial charge is 0.309 e. The van der Waals surface area contributed by atoms with Gasteiger partial charge in [0.2, 0.25) is 0 Å². The van der Waals surface area contributed by atoms with Crippen molar-refractivity contribution in [1.82, 2.24) is 20.1 Å². The van der Waals surface area contributed by atoms with E-state index in [9.17, 15) is 0 Å². The molecule has 0 aromatic carbocycles. The van der Waals surface area contributed by atoms with Crippen LogP contribution in [0, 0.1) is 6.92 Å². The first-order valence-corrected chi connectivity index (χ1v) is 5.45. The topological polar surface area (TPSA) is 42.7 Å². The fourth-order valence-electron chi connectivity index (χ4n) is 1.50. The molecule has 0 saturated carbocycles. The molecular formula is C12H16N4. The van der Waals surface area contributed by atoms with Gasteiger partial charge < -0.3 is 5.32 Å². The van der Waals surface area contributed by atoms with Gasteiger partial charge >= 0.3 is 0 Å². The van der Waals surface area contributed by atoms with Crippen LogP contribution in [-0.4, -0.2) is 21.3 Å². The minimum Gasteiger partial charge on any atom is -0.309 e. The number of rotatable bonds is 5.